The van der Waals surface area contributed by atoms with Crippen molar-refractivity contribution in [3.05, 3.63) is 154 Å². The van der Waals surface area contributed by atoms with Gasteiger partial charge in [0, 0.05) is 12.0 Å². The number of Topliss-reactive ketones (excluding diaryl/α,β-unsaturated/α-hetero) is 1. The molecule has 5 aromatic carbocycles. The summed E-state index contributed by atoms with van der Waals surface area (Å²) in [6.07, 6.45) is -3.45. The van der Waals surface area contributed by atoms with Crippen molar-refractivity contribution < 1.29 is 32.6 Å². The molecule has 0 saturated carbocycles. The molecule has 46 heavy (non-hydrogen) atoms. The molecular formula is C39H33F3O4. The minimum Gasteiger partial charge on any atom is -0.478 e. The Hall–Kier alpha value is -5.17. The van der Waals surface area contributed by atoms with Gasteiger partial charge in [0.1, 0.15) is 11.5 Å². The number of carbonyl (C=O) groups is 2. The van der Waals surface area contributed by atoms with Crippen LogP contribution in [0, 0.1) is 0 Å². The molecular weight excluding hydrogens is 589 g/mol. The van der Waals surface area contributed by atoms with Gasteiger partial charge in [0.15, 0.2) is 5.78 Å². The Kier molecular flexibility index (Phi) is 9.71. The number of carboxylic acid groups (broad SMARTS) is 1. The lowest BCUT2D eigenvalue weighted by Crippen LogP contribution is -2.11. The van der Waals surface area contributed by atoms with Gasteiger partial charge in [-0.15, -0.1) is 0 Å². The van der Waals surface area contributed by atoms with E-state index in [1.54, 1.807) is 36.4 Å². The first-order valence-electron chi connectivity index (χ1n) is 15.0. The summed E-state index contributed by atoms with van der Waals surface area (Å²) in [5, 5.41) is 10.1. The largest absolute Gasteiger partial charge is 0.478 e. The van der Waals surface area contributed by atoms with E-state index < -0.39 is 17.7 Å². The third kappa shape index (κ3) is 7.91. The molecule has 0 fully saturated rings. The minimum atomic E-state index is -4.38. The van der Waals surface area contributed by atoms with Crippen molar-refractivity contribution in [1.29, 1.82) is 0 Å². The number of rotatable bonds is 11. The van der Waals surface area contributed by atoms with Crippen LogP contribution >= 0.6 is 0 Å². The fourth-order valence-corrected chi connectivity index (χ4v) is 5.39. The number of aromatic carboxylic acids is 1. The number of carboxylic acids is 1. The lowest BCUT2D eigenvalue weighted by atomic mass is 9.86. The number of ketones is 1. The molecule has 0 spiro atoms. The van der Waals surface area contributed by atoms with Gasteiger partial charge in [-0.2, -0.15) is 13.2 Å². The number of aryl methyl sites for hydroxylation is 2. The zero-order chi connectivity index (χ0) is 32.8. The van der Waals surface area contributed by atoms with Crippen LogP contribution in [0.25, 0.3) is 11.1 Å². The van der Waals surface area contributed by atoms with E-state index in [1.807, 2.05) is 74.5 Å². The molecule has 0 heterocycles. The van der Waals surface area contributed by atoms with E-state index in [9.17, 15) is 27.9 Å². The van der Waals surface area contributed by atoms with Gasteiger partial charge in [0.05, 0.1) is 11.1 Å². The van der Waals surface area contributed by atoms with Crippen LogP contribution in [-0.2, 0) is 25.4 Å². The lowest BCUT2D eigenvalue weighted by molar-refractivity contribution is -0.137. The smallest absolute Gasteiger partial charge is 0.416 e. The van der Waals surface area contributed by atoms with Crippen molar-refractivity contribution in [1.82, 2.24) is 0 Å². The van der Waals surface area contributed by atoms with E-state index >= 15 is 0 Å². The monoisotopic (exact) mass is 622 g/mol. The fraction of sp³-hybridized carbons (Fsp3) is 0.179. The van der Waals surface area contributed by atoms with E-state index in [0.717, 1.165) is 28.3 Å². The van der Waals surface area contributed by atoms with Gasteiger partial charge in [-0.3, -0.25) is 4.79 Å². The first-order valence-corrected chi connectivity index (χ1v) is 15.0. The van der Waals surface area contributed by atoms with Crippen LogP contribution in [0.1, 0.15) is 68.3 Å². The van der Waals surface area contributed by atoms with Crippen molar-refractivity contribution in [2.75, 3.05) is 0 Å². The van der Waals surface area contributed by atoms with Crippen LogP contribution in [0.4, 0.5) is 13.2 Å². The highest BCUT2D eigenvalue weighted by Gasteiger charge is 2.30. The standard InChI is InChI=1S/C39H33F3O4/c1-25(2)34-22-30(23-37(43)29-17-19-33(20-18-29)46-32-9-4-3-5-10-32)36(38(44)45)24-35(34)28-15-13-26(14-16-28)11-12-27-7-6-8-31(21-27)39(40,41)42/h3-10,13-22,24-25H,11-12,23H2,1-2H3,(H,44,45). The molecule has 0 atom stereocenters. The summed E-state index contributed by atoms with van der Waals surface area (Å²) in [6, 6.07) is 32.5. The summed E-state index contributed by atoms with van der Waals surface area (Å²) in [4.78, 5) is 25.7. The molecule has 0 aromatic heterocycles. The highest BCUT2D eigenvalue weighted by atomic mass is 19.4. The first-order chi connectivity index (χ1) is 22.0. The minimum absolute atomic E-state index is 0.0432. The van der Waals surface area contributed by atoms with E-state index in [0.29, 0.717) is 41.0 Å². The van der Waals surface area contributed by atoms with Gasteiger partial charge in [-0.1, -0.05) is 80.6 Å². The van der Waals surface area contributed by atoms with Gasteiger partial charge in [-0.05, 0) is 101 Å². The van der Waals surface area contributed by atoms with E-state index in [1.165, 1.54) is 12.1 Å². The number of benzene rings is 5. The maximum absolute atomic E-state index is 13.3. The molecule has 0 aliphatic carbocycles. The van der Waals surface area contributed by atoms with E-state index in [4.69, 9.17) is 4.74 Å². The normalized spacial score (nSPS) is 11.4. The van der Waals surface area contributed by atoms with Gasteiger partial charge in [-0.25, -0.2) is 4.79 Å². The third-order valence-electron chi connectivity index (χ3n) is 7.86. The lowest BCUT2D eigenvalue weighted by Gasteiger charge is -2.18. The second-order valence-corrected chi connectivity index (χ2v) is 11.5. The maximum Gasteiger partial charge on any atom is 0.416 e. The molecule has 4 nitrogen and oxygen atoms in total. The zero-order valence-corrected chi connectivity index (χ0v) is 25.5. The quantitative estimate of drug-likeness (QED) is 0.149. The van der Waals surface area contributed by atoms with E-state index in [2.05, 4.69) is 0 Å². The topological polar surface area (TPSA) is 63.6 Å². The van der Waals surface area contributed by atoms with Crippen LogP contribution in [0.3, 0.4) is 0 Å². The van der Waals surface area contributed by atoms with Crippen LogP contribution in [-0.4, -0.2) is 16.9 Å². The Balaban J connectivity index is 1.34. The predicted molar refractivity (Wildman–Crippen MR) is 173 cm³/mol. The molecule has 234 valence electrons. The number of para-hydroxylation sites is 1. The number of hydrogen-bond acceptors (Lipinski definition) is 3. The van der Waals surface area contributed by atoms with Crippen LogP contribution < -0.4 is 4.74 Å². The molecule has 0 bridgehead atoms. The van der Waals surface area contributed by atoms with Crippen molar-refractivity contribution in [3.63, 3.8) is 0 Å². The SMILES string of the molecule is CC(C)c1cc(CC(=O)c2ccc(Oc3ccccc3)cc2)c(C(=O)O)cc1-c1ccc(CCc2cccc(C(F)(F)F)c2)cc1. The number of hydrogen-bond donors (Lipinski definition) is 1. The molecule has 0 aliphatic heterocycles. The van der Waals surface area contributed by atoms with Gasteiger partial charge in [0.25, 0.3) is 0 Å². The second-order valence-electron chi connectivity index (χ2n) is 11.5. The van der Waals surface area contributed by atoms with Crippen LogP contribution in [0.5, 0.6) is 11.5 Å². The highest BCUT2D eigenvalue weighted by Crippen LogP contribution is 2.34. The Bertz CT molecular complexity index is 1830. The Morgan fingerprint density at radius 2 is 1.39 bits per heavy atom. The summed E-state index contributed by atoms with van der Waals surface area (Å²) in [5.74, 6) is -0.0208. The third-order valence-corrected chi connectivity index (χ3v) is 7.86. The Morgan fingerprint density at radius 3 is 2.02 bits per heavy atom. The van der Waals surface area contributed by atoms with Gasteiger partial charge in [0.2, 0.25) is 0 Å². The summed E-state index contributed by atoms with van der Waals surface area (Å²) in [6.45, 7) is 4.03. The summed E-state index contributed by atoms with van der Waals surface area (Å²) < 4.78 is 45.1. The van der Waals surface area contributed by atoms with Crippen LogP contribution in [0.15, 0.2) is 115 Å². The number of carbonyl (C=O) groups excluding carboxylic acids is 1. The molecule has 5 rings (SSSR count). The molecule has 7 heteroatoms. The average molecular weight is 623 g/mol. The van der Waals surface area contributed by atoms with E-state index in [-0.39, 0.29) is 23.7 Å². The zero-order valence-electron chi connectivity index (χ0n) is 25.5. The number of alkyl halides is 3. The Morgan fingerprint density at radius 1 is 0.739 bits per heavy atom. The summed E-state index contributed by atoms with van der Waals surface area (Å²) >= 11 is 0. The molecule has 0 amide bonds. The van der Waals surface area contributed by atoms with Crippen molar-refractivity contribution in [2.45, 2.75) is 45.2 Å². The molecule has 0 unspecified atom stereocenters. The fourth-order valence-electron chi connectivity index (χ4n) is 5.39. The van der Waals surface area contributed by atoms with Crippen LogP contribution in [0.2, 0.25) is 0 Å². The molecule has 1 N–H and O–H groups in total. The first kappa shape index (κ1) is 32.2. The number of ether oxygens (including phenoxy) is 1. The Labute approximate surface area is 266 Å². The van der Waals surface area contributed by atoms with Crippen molar-refractivity contribution in [3.8, 4) is 22.6 Å². The average Bonchev–Trinajstić information content (AvgIpc) is 3.04. The molecule has 0 radical (unpaired) electrons. The predicted octanol–water partition coefficient (Wildman–Crippen LogP) is 10.2. The van der Waals surface area contributed by atoms with Gasteiger partial charge >= 0.3 is 12.1 Å². The maximum atomic E-state index is 13.3. The van der Waals surface area contributed by atoms with Gasteiger partial charge < -0.3 is 9.84 Å². The summed E-state index contributed by atoms with van der Waals surface area (Å²) in [7, 11) is 0. The second kappa shape index (κ2) is 13.9. The van der Waals surface area contributed by atoms with Crippen molar-refractivity contribution in [2.24, 2.45) is 0 Å². The molecule has 0 saturated heterocycles. The highest BCUT2D eigenvalue weighted by molar-refractivity contribution is 6.00. The number of halogens is 3. The van der Waals surface area contributed by atoms with Crippen molar-refractivity contribution >= 4 is 11.8 Å². The molecule has 5 aromatic rings. The summed E-state index contributed by atoms with van der Waals surface area (Å²) in [5.41, 5.74) is 4.34. The molecule has 0 aliphatic rings.